The van der Waals surface area contributed by atoms with Crippen LogP contribution in [0.15, 0.2) is 24.3 Å². The quantitative estimate of drug-likeness (QED) is 0.843. The fourth-order valence-electron chi connectivity index (χ4n) is 1.70. The number of hydrogen-bond acceptors (Lipinski definition) is 6. The highest BCUT2D eigenvalue weighted by molar-refractivity contribution is 5.55. The summed E-state index contributed by atoms with van der Waals surface area (Å²) in [5.74, 6) is 0.964. The van der Waals surface area contributed by atoms with E-state index in [4.69, 9.17) is 4.74 Å². The van der Waals surface area contributed by atoms with Crippen LogP contribution in [-0.2, 0) is 0 Å². The Kier molecular flexibility index (Phi) is 4.70. The van der Waals surface area contributed by atoms with Crippen molar-refractivity contribution in [1.29, 1.82) is 0 Å². The van der Waals surface area contributed by atoms with E-state index in [-0.39, 0.29) is 0 Å². The molecule has 1 aromatic carbocycles. The molecule has 0 amide bonds. The Labute approximate surface area is 118 Å². The van der Waals surface area contributed by atoms with Gasteiger partial charge in [-0.15, -0.1) is 0 Å². The first-order chi connectivity index (χ1) is 9.71. The lowest BCUT2D eigenvalue weighted by atomic mass is 10.2. The minimum absolute atomic E-state index is 0.314. The van der Waals surface area contributed by atoms with Crippen molar-refractivity contribution in [3.05, 3.63) is 29.8 Å². The Morgan fingerprint density at radius 2 is 1.90 bits per heavy atom. The first-order valence-corrected chi connectivity index (χ1v) is 6.67. The summed E-state index contributed by atoms with van der Waals surface area (Å²) in [7, 11) is 0. The molecule has 106 valence electrons. The van der Waals surface area contributed by atoms with Gasteiger partial charge in [-0.1, -0.05) is 12.1 Å². The molecule has 1 heterocycles. The third-order valence-corrected chi connectivity index (χ3v) is 2.50. The minimum atomic E-state index is 0.314. The molecule has 0 aliphatic carbocycles. The lowest BCUT2D eigenvalue weighted by Gasteiger charge is -2.09. The first kappa shape index (κ1) is 14.0. The van der Waals surface area contributed by atoms with Crippen LogP contribution in [0.1, 0.15) is 19.4 Å². The number of rotatable bonds is 6. The van der Waals surface area contributed by atoms with Crippen molar-refractivity contribution in [1.82, 2.24) is 15.0 Å². The zero-order valence-electron chi connectivity index (χ0n) is 12.0. The molecule has 2 rings (SSSR count). The molecule has 0 spiro atoms. The summed E-state index contributed by atoms with van der Waals surface area (Å²) in [4.78, 5) is 12.7. The van der Waals surface area contributed by atoms with E-state index in [1.165, 1.54) is 5.56 Å². The molecular weight excluding hydrogens is 254 g/mol. The predicted molar refractivity (Wildman–Crippen MR) is 79.6 cm³/mol. The zero-order valence-corrected chi connectivity index (χ0v) is 12.0. The van der Waals surface area contributed by atoms with Gasteiger partial charge in [-0.25, -0.2) is 0 Å². The fraction of sp³-hybridized carbons (Fsp3) is 0.357. The van der Waals surface area contributed by atoms with Gasteiger partial charge in [-0.3, -0.25) is 0 Å². The lowest BCUT2D eigenvalue weighted by molar-refractivity contribution is 0.312. The molecule has 6 nitrogen and oxygen atoms in total. The van der Waals surface area contributed by atoms with Crippen molar-refractivity contribution in [2.75, 3.05) is 23.8 Å². The van der Waals surface area contributed by atoms with Crippen LogP contribution < -0.4 is 15.4 Å². The van der Waals surface area contributed by atoms with Gasteiger partial charge in [0.2, 0.25) is 11.9 Å². The van der Waals surface area contributed by atoms with Crippen molar-refractivity contribution < 1.29 is 4.74 Å². The summed E-state index contributed by atoms with van der Waals surface area (Å²) in [6, 6.07) is 8.32. The van der Waals surface area contributed by atoms with Crippen molar-refractivity contribution in [3.63, 3.8) is 0 Å². The summed E-state index contributed by atoms with van der Waals surface area (Å²) in [5.41, 5.74) is 2.10. The Morgan fingerprint density at radius 1 is 1.10 bits per heavy atom. The summed E-state index contributed by atoms with van der Waals surface area (Å²) >= 11 is 0. The molecule has 0 aliphatic heterocycles. The van der Waals surface area contributed by atoms with Gasteiger partial charge in [0, 0.05) is 12.2 Å². The number of aryl methyl sites for hydroxylation is 1. The van der Waals surface area contributed by atoms with E-state index in [9.17, 15) is 0 Å². The van der Waals surface area contributed by atoms with Crippen molar-refractivity contribution >= 4 is 17.6 Å². The Morgan fingerprint density at radius 3 is 2.60 bits per heavy atom. The second-order valence-corrected chi connectivity index (χ2v) is 4.22. The van der Waals surface area contributed by atoms with E-state index in [0.29, 0.717) is 24.5 Å². The van der Waals surface area contributed by atoms with Gasteiger partial charge >= 0.3 is 6.01 Å². The van der Waals surface area contributed by atoms with Gasteiger partial charge in [0.25, 0.3) is 0 Å². The van der Waals surface area contributed by atoms with Crippen LogP contribution >= 0.6 is 0 Å². The SMILES string of the molecule is CCNc1nc(Nc2cccc(C)c2)nc(OCC)n1. The summed E-state index contributed by atoms with van der Waals surface area (Å²) in [6.07, 6.45) is 0. The fourth-order valence-corrected chi connectivity index (χ4v) is 1.70. The predicted octanol–water partition coefficient (Wildman–Crippen LogP) is 2.75. The Balaban J connectivity index is 2.25. The topological polar surface area (TPSA) is 72.0 Å². The monoisotopic (exact) mass is 273 g/mol. The minimum Gasteiger partial charge on any atom is -0.464 e. The maximum atomic E-state index is 5.35. The van der Waals surface area contributed by atoms with Gasteiger partial charge in [0.15, 0.2) is 0 Å². The molecular formula is C14H19N5O. The smallest absolute Gasteiger partial charge is 0.323 e. The molecule has 0 atom stereocenters. The van der Waals surface area contributed by atoms with Gasteiger partial charge in [0.05, 0.1) is 6.61 Å². The van der Waals surface area contributed by atoms with Gasteiger partial charge in [0.1, 0.15) is 0 Å². The van der Waals surface area contributed by atoms with E-state index < -0.39 is 0 Å². The molecule has 6 heteroatoms. The van der Waals surface area contributed by atoms with Crippen LogP contribution in [-0.4, -0.2) is 28.1 Å². The number of ether oxygens (including phenoxy) is 1. The first-order valence-electron chi connectivity index (χ1n) is 6.67. The molecule has 1 aromatic heterocycles. The van der Waals surface area contributed by atoms with Crippen LogP contribution in [0.4, 0.5) is 17.6 Å². The third kappa shape index (κ3) is 3.81. The molecule has 0 unspecified atom stereocenters. The maximum Gasteiger partial charge on any atom is 0.323 e. The molecule has 0 aliphatic rings. The summed E-state index contributed by atoms with van der Waals surface area (Å²) in [6.45, 7) is 7.16. The van der Waals surface area contributed by atoms with Crippen LogP contribution in [0.5, 0.6) is 6.01 Å². The largest absolute Gasteiger partial charge is 0.464 e. The number of nitrogens with one attached hydrogen (secondary N) is 2. The standard InChI is InChI=1S/C14H19N5O/c1-4-15-12-17-13(19-14(18-12)20-5-2)16-11-8-6-7-10(3)9-11/h6-9H,4-5H2,1-3H3,(H2,15,16,17,18,19). The van der Waals surface area contributed by atoms with Gasteiger partial charge in [-0.05, 0) is 38.5 Å². The van der Waals surface area contributed by atoms with Crippen molar-refractivity contribution in [2.45, 2.75) is 20.8 Å². The average Bonchev–Trinajstić information content (AvgIpc) is 2.39. The molecule has 2 aromatic rings. The maximum absolute atomic E-state index is 5.35. The van der Waals surface area contributed by atoms with Gasteiger partial charge in [-0.2, -0.15) is 15.0 Å². The Hall–Kier alpha value is -2.37. The molecule has 0 radical (unpaired) electrons. The highest BCUT2D eigenvalue weighted by Gasteiger charge is 2.07. The average molecular weight is 273 g/mol. The van der Waals surface area contributed by atoms with Crippen LogP contribution in [0, 0.1) is 6.92 Å². The number of aromatic nitrogens is 3. The Bertz CT molecular complexity index is 549. The highest BCUT2D eigenvalue weighted by Crippen LogP contribution is 2.17. The number of anilines is 3. The lowest BCUT2D eigenvalue weighted by Crippen LogP contribution is -2.09. The summed E-state index contributed by atoms with van der Waals surface area (Å²) in [5, 5.41) is 6.22. The van der Waals surface area contributed by atoms with Crippen LogP contribution in [0.3, 0.4) is 0 Å². The highest BCUT2D eigenvalue weighted by atomic mass is 16.5. The van der Waals surface area contributed by atoms with Crippen molar-refractivity contribution in [3.8, 4) is 6.01 Å². The van der Waals surface area contributed by atoms with Crippen molar-refractivity contribution in [2.24, 2.45) is 0 Å². The van der Waals surface area contributed by atoms with E-state index in [1.807, 2.05) is 45.0 Å². The zero-order chi connectivity index (χ0) is 14.4. The molecule has 0 saturated carbocycles. The van der Waals surface area contributed by atoms with E-state index in [0.717, 1.165) is 12.2 Å². The van der Waals surface area contributed by atoms with E-state index >= 15 is 0 Å². The van der Waals surface area contributed by atoms with Gasteiger partial charge < -0.3 is 15.4 Å². The molecule has 2 N–H and O–H groups in total. The number of nitrogens with zero attached hydrogens (tertiary/aromatic N) is 3. The molecule has 0 fully saturated rings. The van der Waals surface area contributed by atoms with E-state index in [1.54, 1.807) is 0 Å². The molecule has 0 bridgehead atoms. The van der Waals surface area contributed by atoms with Crippen LogP contribution in [0.2, 0.25) is 0 Å². The summed E-state index contributed by atoms with van der Waals surface area (Å²) < 4.78 is 5.35. The third-order valence-electron chi connectivity index (χ3n) is 2.50. The number of benzene rings is 1. The second kappa shape index (κ2) is 6.70. The van der Waals surface area contributed by atoms with E-state index in [2.05, 4.69) is 25.6 Å². The molecule has 20 heavy (non-hydrogen) atoms. The molecule has 0 saturated heterocycles. The normalized spacial score (nSPS) is 10.2. The second-order valence-electron chi connectivity index (χ2n) is 4.22. The number of hydrogen-bond donors (Lipinski definition) is 2. The van der Waals surface area contributed by atoms with Crippen LogP contribution in [0.25, 0.3) is 0 Å².